The van der Waals surface area contributed by atoms with Gasteiger partial charge in [-0.05, 0) is 42.9 Å². The zero-order chi connectivity index (χ0) is 12.3. The van der Waals surface area contributed by atoms with E-state index in [0.717, 1.165) is 17.4 Å². The van der Waals surface area contributed by atoms with E-state index in [9.17, 15) is 5.11 Å². The third-order valence-electron chi connectivity index (χ3n) is 3.37. The van der Waals surface area contributed by atoms with Gasteiger partial charge < -0.3 is 10.4 Å². The zero-order valence-electron chi connectivity index (χ0n) is 10.2. The molecule has 2 nitrogen and oxygen atoms in total. The summed E-state index contributed by atoms with van der Waals surface area (Å²) >= 11 is 5.90. The number of hydrogen-bond acceptors (Lipinski definition) is 2. The van der Waals surface area contributed by atoms with E-state index in [1.807, 2.05) is 19.1 Å². The lowest BCUT2D eigenvalue weighted by atomic mass is 10.0. The number of rotatable bonds is 6. The van der Waals surface area contributed by atoms with Crippen molar-refractivity contribution in [2.75, 3.05) is 6.54 Å². The molecule has 1 aromatic carbocycles. The van der Waals surface area contributed by atoms with Crippen LogP contribution in [0.4, 0.5) is 0 Å². The van der Waals surface area contributed by atoms with Gasteiger partial charge in [0.15, 0.2) is 0 Å². The first kappa shape index (κ1) is 12.9. The number of halogens is 1. The molecule has 1 fully saturated rings. The van der Waals surface area contributed by atoms with Gasteiger partial charge in [0.1, 0.15) is 0 Å². The highest BCUT2D eigenvalue weighted by Gasteiger charge is 2.32. The van der Waals surface area contributed by atoms with E-state index in [4.69, 9.17) is 11.6 Å². The van der Waals surface area contributed by atoms with Gasteiger partial charge >= 0.3 is 0 Å². The molecule has 94 valence electrons. The highest BCUT2D eigenvalue weighted by Crippen LogP contribution is 2.41. The Kier molecular flexibility index (Phi) is 4.43. The van der Waals surface area contributed by atoms with Crippen molar-refractivity contribution in [3.05, 3.63) is 34.9 Å². The van der Waals surface area contributed by atoms with Crippen LogP contribution in [0.1, 0.15) is 37.8 Å². The van der Waals surface area contributed by atoms with Gasteiger partial charge in [-0.15, -0.1) is 0 Å². The summed E-state index contributed by atoms with van der Waals surface area (Å²) in [5, 5.41) is 13.9. The summed E-state index contributed by atoms with van der Waals surface area (Å²) in [7, 11) is 0. The lowest BCUT2D eigenvalue weighted by molar-refractivity contribution is 0.161. The number of nitrogens with one attached hydrogen (secondary N) is 1. The zero-order valence-corrected chi connectivity index (χ0v) is 11.0. The van der Waals surface area contributed by atoms with E-state index in [1.54, 1.807) is 0 Å². The topological polar surface area (TPSA) is 32.3 Å². The van der Waals surface area contributed by atoms with Crippen molar-refractivity contribution in [3.8, 4) is 0 Å². The summed E-state index contributed by atoms with van der Waals surface area (Å²) in [6.45, 7) is 2.67. The van der Waals surface area contributed by atoms with Gasteiger partial charge in [-0.1, -0.05) is 30.7 Å². The molecule has 2 N–H and O–H groups in total. The number of aliphatic hydroxyl groups excluding tert-OH is 1. The van der Waals surface area contributed by atoms with Crippen molar-refractivity contribution < 1.29 is 5.11 Å². The van der Waals surface area contributed by atoms with Crippen LogP contribution >= 0.6 is 11.6 Å². The Morgan fingerprint density at radius 3 is 2.53 bits per heavy atom. The summed E-state index contributed by atoms with van der Waals surface area (Å²) in [4.78, 5) is 0. The fourth-order valence-electron chi connectivity index (χ4n) is 2.06. The van der Waals surface area contributed by atoms with Gasteiger partial charge in [-0.3, -0.25) is 0 Å². The molecule has 17 heavy (non-hydrogen) atoms. The van der Waals surface area contributed by atoms with Gasteiger partial charge in [0.25, 0.3) is 0 Å². The molecule has 3 heteroatoms. The molecular weight excluding hydrogens is 234 g/mol. The van der Waals surface area contributed by atoms with Crippen LogP contribution in [0.3, 0.4) is 0 Å². The average molecular weight is 254 g/mol. The normalized spacial score (nSPS) is 19.0. The fraction of sp³-hybridized carbons (Fsp3) is 0.571. The van der Waals surface area contributed by atoms with Crippen LogP contribution in [0.5, 0.6) is 0 Å². The second-order valence-electron chi connectivity index (χ2n) is 4.84. The summed E-state index contributed by atoms with van der Waals surface area (Å²) in [5.41, 5.74) is 1.28. The van der Waals surface area contributed by atoms with Crippen LogP contribution in [-0.4, -0.2) is 17.8 Å². The van der Waals surface area contributed by atoms with Crippen molar-refractivity contribution >= 4 is 11.6 Å². The lowest BCUT2D eigenvalue weighted by Crippen LogP contribution is -2.31. The third kappa shape index (κ3) is 3.70. The van der Waals surface area contributed by atoms with Crippen molar-refractivity contribution in [1.82, 2.24) is 5.32 Å². The van der Waals surface area contributed by atoms with Crippen LogP contribution in [0.2, 0.25) is 5.02 Å². The van der Waals surface area contributed by atoms with Gasteiger partial charge in [-0.25, -0.2) is 0 Å². The van der Waals surface area contributed by atoms with Gasteiger partial charge in [0.2, 0.25) is 0 Å². The molecule has 0 radical (unpaired) electrons. The summed E-state index contributed by atoms with van der Waals surface area (Å²) in [6, 6.07) is 8.40. The standard InChI is InChI=1S/C14H20ClNO/c1-2-13(17)9-16-14(10-3-4-10)11-5-7-12(15)8-6-11/h5-8,10,13-14,16-17H,2-4,9H2,1H3. The monoisotopic (exact) mass is 253 g/mol. The first-order chi connectivity index (χ1) is 8.20. The predicted molar refractivity (Wildman–Crippen MR) is 71.2 cm³/mol. The molecule has 2 rings (SSSR count). The number of hydrogen-bond donors (Lipinski definition) is 2. The second-order valence-corrected chi connectivity index (χ2v) is 5.27. The fourth-order valence-corrected chi connectivity index (χ4v) is 2.19. The van der Waals surface area contributed by atoms with Gasteiger partial charge in [0, 0.05) is 17.6 Å². The van der Waals surface area contributed by atoms with Crippen molar-refractivity contribution in [1.29, 1.82) is 0 Å². The maximum atomic E-state index is 9.62. The minimum atomic E-state index is -0.247. The smallest absolute Gasteiger partial charge is 0.0662 e. The molecule has 1 aliphatic carbocycles. The van der Waals surface area contributed by atoms with Crippen LogP contribution in [-0.2, 0) is 0 Å². The highest BCUT2D eigenvalue weighted by molar-refractivity contribution is 6.30. The first-order valence-corrected chi connectivity index (χ1v) is 6.75. The van der Waals surface area contributed by atoms with Crippen molar-refractivity contribution in [2.24, 2.45) is 5.92 Å². The molecule has 0 saturated heterocycles. The first-order valence-electron chi connectivity index (χ1n) is 6.37. The Hall–Kier alpha value is -0.570. The number of aliphatic hydroxyl groups is 1. The minimum absolute atomic E-state index is 0.247. The minimum Gasteiger partial charge on any atom is -0.392 e. The SMILES string of the molecule is CCC(O)CNC(c1ccc(Cl)cc1)C1CC1. The molecule has 0 aliphatic heterocycles. The maximum Gasteiger partial charge on any atom is 0.0662 e. The predicted octanol–water partition coefficient (Wildman–Crippen LogP) is 3.15. The maximum absolute atomic E-state index is 9.62. The second kappa shape index (κ2) is 5.85. The molecule has 2 atom stereocenters. The van der Waals surface area contributed by atoms with E-state index in [0.29, 0.717) is 12.6 Å². The quantitative estimate of drug-likeness (QED) is 0.816. The van der Waals surface area contributed by atoms with E-state index in [2.05, 4.69) is 17.4 Å². The lowest BCUT2D eigenvalue weighted by Gasteiger charge is -2.20. The molecule has 1 aromatic rings. The molecule has 0 bridgehead atoms. The van der Waals surface area contributed by atoms with Gasteiger partial charge in [-0.2, -0.15) is 0 Å². The Balaban J connectivity index is 1.99. The summed E-state index contributed by atoms with van der Waals surface area (Å²) < 4.78 is 0. The van der Waals surface area contributed by atoms with E-state index in [-0.39, 0.29) is 6.10 Å². The van der Waals surface area contributed by atoms with Crippen LogP contribution in [0.25, 0.3) is 0 Å². The Bertz CT molecular complexity index is 348. The van der Waals surface area contributed by atoms with Crippen molar-refractivity contribution in [2.45, 2.75) is 38.3 Å². The van der Waals surface area contributed by atoms with Gasteiger partial charge in [0.05, 0.1) is 6.10 Å². The van der Waals surface area contributed by atoms with Crippen LogP contribution < -0.4 is 5.32 Å². The molecule has 0 spiro atoms. The van der Waals surface area contributed by atoms with E-state index < -0.39 is 0 Å². The molecule has 2 unspecified atom stereocenters. The van der Waals surface area contributed by atoms with E-state index in [1.165, 1.54) is 18.4 Å². The molecule has 0 amide bonds. The van der Waals surface area contributed by atoms with Crippen LogP contribution in [0.15, 0.2) is 24.3 Å². The Morgan fingerprint density at radius 2 is 2.00 bits per heavy atom. The molecule has 1 saturated carbocycles. The summed E-state index contributed by atoms with van der Waals surface area (Å²) in [5.74, 6) is 0.722. The molecule has 0 heterocycles. The summed E-state index contributed by atoms with van der Waals surface area (Å²) in [6.07, 6.45) is 3.11. The van der Waals surface area contributed by atoms with Crippen molar-refractivity contribution in [3.63, 3.8) is 0 Å². The van der Waals surface area contributed by atoms with E-state index >= 15 is 0 Å². The highest BCUT2D eigenvalue weighted by atomic mass is 35.5. The third-order valence-corrected chi connectivity index (χ3v) is 3.62. The Labute approximate surface area is 108 Å². The molecule has 1 aliphatic rings. The Morgan fingerprint density at radius 1 is 1.35 bits per heavy atom. The molecule has 0 aromatic heterocycles. The molecular formula is C14H20ClNO. The average Bonchev–Trinajstić information content (AvgIpc) is 3.15. The number of benzene rings is 1. The largest absolute Gasteiger partial charge is 0.392 e. The van der Waals surface area contributed by atoms with Crippen LogP contribution in [0, 0.1) is 5.92 Å².